The first-order valence-electron chi connectivity index (χ1n) is 21.9. The lowest BCUT2D eigenvalue weighted by Gasteiger charge is -2.14. The number of rotatable bonds is 4. The molecule has 0 atom stereocenters. The first-order valence-corrected chi connectivity index (χ1v) is 21.9. The first-order chi connectivity index (χ1) is 31.7. The van der Waals surface area contributed by atoms with E-state index >= 15 is 0 Å². The Hall–Kier alpha value is -8.60. The number of para-hydroxylation sites is 4. The molecule has 0 N–H and O–H groups in total. The van der Waals surface area contributed by atoms with E-state index in [0.717, 1.165) is 44.9 Å². The third kappa shape index (κ3) is 5.17. The molecule has 0 bridgehead atoms. The topological polar surface area (TPSA) is 35.6 Å². The number of nitrogens with zero attached hydrogens (tertiary/aromatic N) is 4. The summed E-state index contributed by atoms with van der Waals surface area (Å²) in [6, 6.07) is 79.2. The van der Waals surface area contributed by atoms with Crippen molar-refractivity contribution >= 4 is 97.7 Å². The number of benzene rings is 11. The Morgan fingerprint density at radius 1 is 0.266 bits per heavy atom. The van der Waals surface area contributed by atoms with Gasteiger partial charge >= 0.3 is 0 Å². The fraction of sp³-hybridized carbons (Fsp3) is 0. The van der Waals surface area contributed by atoms with Crippen LogP contribution in [0.1, 0.15) is 0 Å². The highest BCUT2D eigenvalue weighted by Gasteiger charge is 2.19. The van der Waals surface area contributed by atoms with E-state index < -0.39 is 0 Å². The summed E-state index contributed by atoms with van der Waals surface area (Å²) in [5.74, 6) is 0. The van der Waals surface area contributed by atoms with Crippen molar-refractivity contribution in [3.05, 3.63) is 218 Å². The van der Waals surface area contributed by atoms with E-state index in [2.05, 4.69) is 215 Å². The normalized spacial score (nSPS) is 12.1. The molecule has 0 saturated carbocycles. The Labute approximate surface area is 367 Å². The van der Waals surface area contributed by atoms with Crippen molar-refractivity contribution in [1.82, 2.24) is 19.1 Å². The van der Waals surface area contributed by atoms with Gasteiger partial charge in [0.25, 0.3) is 0 Å². The second-order valence-corrected chi connectivity index (χ2v) is 17.0. The predicted octanol–water partition coefficient (Wildman–Crippen LogP) is 15.8. The highest BCUT2D eigenvalue weighted by Crippen LogP contribution is 2.41. The minimum absolute atomic E-state index is 0.864. The lowest BCUT2D eigenvalue weighted by molar-refractivity contribution is 1.18. The fourth-order valence-electron chi connectivity index (χ4n) is 10.5. The van der Waals surface area contributed by atoms with E-state index in [1.807, 2.05) is 12.1 Å². The van der Waals surface area contributed by atoms with Gasteiger partial charge in [0.2, 0.25) is 0 Å². The van der Waals surface area contributed by atoms with Crippen molar-refractivity contribution < 1.29 is 0 Å². The molecule has 11 aromatic carbocycles. The molecule has 0 aliphatic heterocycles. The smallest absolute Gasteiger partial charge is 0.0973 e. The van der Waals surface area contributed by atoms with E-state index in [-0.39, 0.29) is 0 Å². The van der Waals surface area contributed by atoms with E-state index in [1.165, 1.54) is 86.7 Å². The Morgan fingerprint density at radius 3 is 1.58 bits per heavy atom. The predicted molar refractivity (Wildman–Crippen MR) is 269 cm³/mol. The van der Waals surface area contributed by atoms with Crippen LogP contribution in [0.5, 0.6) is 0 Å². The van der Waals surface area contributed by atoms with E-state index in [4.69, 9.17) is 9.97 Å². The van der Waals surface area contributed by atoms with Crippen LogP contribution in [-0.4, -0.2) is 19.1 Å². The van der Waals surface area contributed by atoms with Crippen LogP contribution in [0.25, 0.3) is 132 Å². The van der Waals surface area contributed by atoms with Gasteiger partial charge in [-0.25, -0.2) is 9.97 Å². The van der Waals surface area contributed by atoms with Crippen LogP contribution in [-0.2, 0) is 0 Å². The number of hydrogen-bond donors (Lipinski definition) is 0. The number of fused-ring (bicyclic) bond motifs is 13. The van der Waals surface area contributed by atoms with Crippen molar-refractivity contribution in [2.24, 2.45) is 0 Å². The van der Waals surface area contributed by atoms with Crippen molar-refractivity contribution in [2.45, 2.75) is 0 Å². The largest absolute Gasteiger partial charge is 0.309 e. The second-order valence-electron chi connectivity index (χ2n) is 17.0. The lowest BCUT2D eigenvalue weighted by Crippen LogP contribution is -1.97. The maximum atomic E-state index is 5.30. The monoisotopic (exact) mass is 812 g/mol. The fourth-order valence-corrected chi connectivity index (χ4v) is 10.5. The summed E-state index contributed by atoms with van der Waals surface area (Å²) in [7, 11) is 0. The van der Waals surface area contributed by atoms with Gasteiger partial charge in [-0.05, 0) is 116 Å². The number of aromatic nitrogens is 4. The molecule has 0 spiro atoms. The molecule has 0 amide bonds. The van der Waals surface area contributed by atoms with Gasteiger partial charge in [0.15, 0.2) is 0 Å². The molecular formula is C60H36N4. The molecule has 3 heterocycles. The first kappa shape index (κ1) is 35.0. The zero-order chi connectivity index (χ0) is 41.9. The minimum atomic E-state index is 0.864. The summed E-state index contributed by atoms with van der Waals surface area (Å²) in [6.45, 7) is 0. The zero-order valence-electron chi connectivity index (χ0n) is 34.6. The van der Waals surface area contributed by atoms with E-state index in [9.17, 15) is 0 Å². The van der Waals surface area contributed by atoms with Crippen LogP contribution >= 0.6 is 0 Å². The molecule has 4 heteroatoms. The van der Waals surface area contributed by atoms with Crippen LogP contribution in [0, 0.1) is 0 Å². The summed E-state index contributed by atoms with van der Waals surface area (Å²) in [5, 5.41) is 14.8. The molecule has 0 aliphatic rings. The number of hydrogen-bond acceptors (Lipinski definition) is 2. The molecule has 14 aromatic rings. The summed E-state index contributed by atoms with van der Waals surface area (Å²) >= 11 is 0. The van der Waals surface area contributed by atoms with Gasteiger partial charge in [0, 0.05) is 44.0 Å². The SMILES string of the molecule is c1ccc2c(c1)ccc1ccc(-c3nc4ccccc4nc3-c3ccc(-n4c5ccccc5c5cc6ccc(-n7c8ccccc8c8c9ccccc9ccc87)cc6cc54)cc3)cc12. The Bertz CT molecular complexity index is 4250. The van der Waals surface area contributed by atoms with Gasteiger partial charge in [0.1, 0.15) is 0 Å². The van der Waals surface area contributed by atoms with Crippen molar-refractivity contribution in [2.75, 3.05) is 0 Å². The molecule has 0 unspecified atom stereocenters. The average Bonchev–Trinajstić information content (AvgIpc) is 3.87. The average molecular weight is 813 g/mol. The van der Waals surface area contributed by atoms with Crippen molar-refractivity contribution in [1.29, 1.82) is 0 Å². The molecular weight excluding hydrogens is 777 g/mol. The maximum absolute atomic E-state index is 5.30. The van der Waals surface area contributed by atoms with Crippen LogP contribution < -0.4 is 0 Å². The Morgan fingerprint density at radius 2 is 0.797 bits per heavy atom. The molecule has 3 aromatic heterocycles. The summed E-state index contributed by atoms with van der Waals surface area (Å²) in [6.07, 6.45) is 0. The lowest BCUT2D eigenvalue weighted by atomic mass is 9.97. The third-order valence-electron chi connectivity index (χ3n) is 13.4. The zero-order valence-corrected chi connectivity index (χ0v) is 34.6. The van der Waals surface area contributed by atoms with E-state index in [1.54, 1.807) is 0 Å². The maximum Gasteiger partial charge on any atom is 0.0973 e. The van der Waals surface area contributed by atoms with Crippen LogP contribution in [0.2, 0.25) is 0 Å². The molecule has 0 radical (unpaired) electrons. The summed E-state index contributed by atoms with van der Waals surface area (Å²) in [4.78, 5) is 10.6. The molecule has 296 valence electrons. The van der Waals surface area contributed by atoms with Crippen LogP contribution in [0.15, 0.2) is 218 Å². The van der Waals surface area contributed by atoms with Gasteiger partial charge in [-0.1, -0.05) is 146 Å². The molecule has 14 rings (SSSR count). The third-order valence-corrected chi connectivity index (χ3v) is 13.4. The summed E-state index contributed by atoms with van der Waals surface area (Å²) < 4.78 is 4.84. The summed E-state index contributed by atoms with van der Waals surface area (Å²) in [5.41, 5.74) is 12.5. The minimum Gasteiger partial charge on any atom is -0.309 e. The Balaban J connectivity index is 0.932. The van der Waals surface area contributed by atoms with Gasteiger partial charge in [0.05, 0.1) is 44.5 Å². The standard InChI is InChI=1S/C60H36N4/c1-3-13-46-37(11-1)21-22-39-23-24-42(35-50(39)46)60-59(61-52-17-7-8-18-53(52)62-60)40-25-29-44(30-26-40)63-54-19-9-5-15-48(54)51-34-41-27-31-45(33-43(41)36-57(51)63)64-55-20-10-6-16-49(55)58-47-14-4-2-12-38(47)28-32-56(58)64/h1-36H. The quantitative estimate of drug-likeness (QED) is 0.166. The second kappa shape index (κ2) is 13.4. The molecule has 0 saturated heterocycles. The molecule has 0 aliphatic carbocycles. The molecule has 4 nitrogen and oxygen atoms in total. The van der Waals surface area contributed by atoms with Crippen molar-refractivity contribution in [3.63, 3.8) is 0 Å². The highest BCUT2D eigenvalue weighted by molar-refractivity contribution is 6.21. The van der Waals surface area contributed by atoms with E-state index in [0.29, 0.717) is 0 Å². The van der Waals surface area contributed by atoms with Crippen LogP contribution in [0.4, 0.5) is 0 Å². The van der Waals surface area contributed by atoms with Crippen molar-refractivity contribution in [3.8, 4) is 33.9 Å². The molecule has 0 fully saturated rings. The highest BCUT2D eigenvalue weighted by atomic mass is 15.0. The van der Waals surface area contributed by atoms with Crippen LogP contribution in [0.3, 0.4) is 0 Å². The Kier molecular flexibility index (Phi) is 7.36. The van der Waals surface area contributed by atoms with Gasteiger partial charge in [-0.3, -0.25) is 0 Å². The van der Waals surface area contributed by atoms with Gasteiger partial charge in [-0.2, -0.15) is 0 Å². The van der Waals surface area contributed by atoms with Gasteiger partial charge < -0.3 is 9.13 Å². The molecule has 64 heavy (non-hydrogen) atoms. The van der Waals surface area contributed by atoms with Gasteiger partial charge in [-0.15, -0.1) is 0 Å².